The molecule has 0 unspecified atom stereocenters. The highest BCUT2D eigenvalue weighted by Gasteiger charge is 2.48. The molecule has 0 bridgehead atoms. The molecule has 3 aromatic rings. The number of fused-ring (bicyclic) bond motifs is 2. The van der Waals surface area contributed by atoms with Gasteiger partial charge >= 0.3 is 0 Å². The van der Waals surface area contributed by atoms with Crippen molar-refractivity contribution in [3.63, 3.8) is 0 Å². The maximum Gasteiger partial charge on any atom is 0.254 e. The van der Waals surface area contributed by atoms with E-state index < -0.39 is 12.0 Å². The first-order chi connectivity index (χ1) is 16.6. The van der Waals surface area contributed by atoms with Gasteiger partial charge in [0.15, 0.2) is 0 Å². The molecule has 1 fully saturated rings. The van der Waals surface area contributed by atoms with Crippen LogP contribution in [0.1, 0.15) is 63.0 Å². The number of nitrogens with one attached hydrogen (secondary N) is 1. The Bertz CT molecular complexity index is 1220. The summed E-state index contributed by atoms with van der Waals surface area (Å²) in [6.45, 7) is -0.0417. The Morgan fingerprint density at radius 3 is 2.21 bits per heavy atom. The number of rotatable bonds is 5. The maximum atomic E-state index is 14.0. The van der Waals surface area contributed by atoms with Crippen LogP contribution in [-0.2, 0) is 24.2 Å². The Morgan fingerprint density at radius 2 is 1.56 bits per heavy atom. The zero-order chi connectivity index (χ0) is 23.2. The quantitative estimate of drug-likeness (QED) is 0.617. The molecular weight excluding hydrogens is 424 g/mol. The lowest BCUT2D eigenvalue weighted by Crippen LogP contribution is -2.52. The van der Waals surface area contributed by atoms with E-state index in [-0.39, 0.29) is 30.5 Å². The summed E-state index contributed by atoms with van der Waals surface area (Å²) in [6.07, 6.45) is 3.59. The Balaban J connectivity index is 1.48. The van der Waals surface area contributed by atoms with Gasteiger partial charge in [0.2, 0.25) is 5.91 Å². The number of aliphatic hydroxyl groups excluding tert-OH is 1. The standard InChI is InChI=1S/C29H28N2O3/c32-17-18-9-11-19(12-10-18)27-26(28(33)30-22-13-14-22)24-7-3-4-8-25(24)29(34)31(27)23-15-20-5-1-2-6-21(20)16-23/h1-12,22-23,26-27,32H,13-17H2,(H,30,33)/t26-,27+/m1/s1. The Morgan fingerprint density at radius 1 is 0.912 bits per heavy atom. The summed E-state index contributed by atoms with van der Waals surface area (Å²) in [7, 11) is 0. The normalized spacial score (nSPS) is 21.8. The third-order valence-corrected chi connectivity index (χ3v) is 7.51. The van der Waals surface area contributed by atoms with E-state index >= 15 is 0 Å². The van der Waals surface area contributed by atoms with Crippen molar-refractivity contribution >= 4 is 11.8 Å². The third-order valence-electron chi connectivity index (χ3n) is 7.51. The minimum Gasteiger partial charge on any atom is -0.392 e. The number of benzene rings is 3. The van der Waals surface area contributed by atoms with Crippen LogP contribution in [0.2, 0.25) is 0 Å². The second-order valence-electron chi connectivity index (χ2n) is 9.74. The Labute approximate surface area is 199 Å². The van der Waals surface area contributed by atoms with Gasteiger partial charge in [-0.05, 0) is 59.6 Å². The first-order valence-corrected chi connectivity index (χ1v) is 12.1. The highest BCUT2D eigenvalue weighted by molar-refractivity contribution is 6.01. The van der Waals surface area contributed by atoms with Crippen molar-refractivity contribution < 1.29 is 14.7 Å². The number of carbonyl (C=O) groups is 2. The van der Waals surface area contributed by atoms with Crippen LogP contribution in [0, 0.1) is 0 Å². The highest BCUT2D eigenvalue weighted by Crippen LogP contribution is 2.46. The van der Waals surface area contributed by atoms with E-state index in [1.165, 1.54) is 11.1 Å². The molecule has 2 N–H and O–H groups in total. The van der Waals surface area contributed by atoms with Crippen LogP contribution in [0.15, 0.2) is 72.8 Å². The van der Waals surface area contributed by atoms with E-state index in [2.05, 4.69) is 17.4 Å². The minimum absolute atomic E-state index is 0.0138. The number of hydrogen-bond donors (Lipinski definition) is 2. The van der Waals surface area contributed by atoms with Crippen LogP contribution in [0.5, 0.6) is 0 Å². The Hall–Kier alpha value is -3.44. The highest BCUT2D eigenvalue weighted by atomic mass is 16.3. The summed E-state index contributed by atoms with van der Waals surface area (Å²) in [6, 6.07) is 23.5. The lowest BCUT2D eigenvalue weighted by atomic mass is 9.78. The van der Waals surface area contributed by atoms with Crippen LogP contribution in [0.25, 0.3) is 0 Å². The fourth-order valence-electron chi connectivity index (χ4n) is 5.66. The van der Waals surface area contributed by atoms with Crippen molar-refractivity contribution in [2.45, 2.75) is 56.3 Å². The van der Waals surface area contributed by atoms with Gasteiger partial charge in [-0.25, -0.2) is 0 Å². The van der Waals surface area contributed by atoms with Gasteiger partial charge in [0.05, 0.1) is 18.6 Å². The molecule has 34 heavy (non-hydrogen) atoms. The maximum absolute atomic E-state index is 14.0. The molecule has 0 aromatic heterocycles. The predicted octanol–water partition coefficient (Wildman–Crippen LogP) is 3.91. The van der Waals surface area contributed by atoms with E-state index in [0.717, 1.165) is 42.4 Å². The molecule has 2 aliphatic carbocycles. The van der Waals surface area contributed by atoms with E-state index in [1.54, 1.807) is 0 Å². The van der Waals surface area contributed by atoms with E-state index in [1.807, 2.05) is 65.6 Å². The summed E-state index contributed by atoms with van der Waals surface area (Å²) >= 11 is 0. The largest absolute Gasteiger partial charge is 0.392 e. The topological polar surface area (TPSA) is 69.6 Å². The molecule has 5 nitrogen and oxygen atoms in total. The monoisotopic (exact) mass is 452 g/mol. The molecule has 1 heterocycles. The second kappa shape index (κ2) is 8.41. The van der Waals surface area contributed by atoms with Crippen molar-refractivity contribution in [1.29, 1.82) is 0 Å². The zero-order valence-corrected chi connectivity index (χ0v) is 19.0. The molecule has 6 rings (SSSR count). The van der Waals surface area contributed by atoms with Crippen LogP contribution in [-0.4, -0.2) is 33.9 Å². The van der Waals surface area contributed by atoms with Gasteiger partial charge in [-0.15, -0.1) is 0 Å². The molecule has 3 aromatic carbocycles. The average Bonchev–Trinajstić information content (AvgIpc) is 3.58. The van der Waals surface area contributed by atoms with E-state index in [0.29, 0.717) is 5.56 Å². The molecule has 1 aliphatic heterocycles. The van der Waals surface area contributed by atoms with Crippen LogP contribution < -0.4 is 5.32 Å². The summed E-state index contributed by atoms with van der Waals surface area (Å²) in [5.74, 6) is -0.516. The van der Waals surface area contributed by atoms with E-state index in [4.69, 9.17) is 0 Å². The summed E-state index contributed by atoms with van der Waals surface area (Å²) < 4.78 is 0. The average molecular weight is 453 g/mol. The molecule has 2 atom stereocenters. The van der Waals surface area contributed by atoms with Gasteiger partial charge in [0.25, 0.3) is 5.91 Å². The molecule has 1 saturated carbocycles. The summed E-state index contributed by atoms with van der Waals surface area (Å²) in [4.78, 5) is 29.7. The van der Waals surface area contributed by atoms with Crippen molar-refractivity contribution in [1.82, 2.24) is 10.2 Å². The summed E-state index contributed by atoms with van der Waals surface area (Å²) in [5.41, 5.74) is 5.70. The van der Waals surface area contributed by atoms with Gasteiger partial charge in [0, 0.05) is 17.6 Å². The van der Waals surface area contributed by atoms with Crippen LogP contribution in [0.4, 0.5) is 0 Å². The van der Waals surface area contributed by atoms with Gasteiger partial charge < -0.3 is 15.3 Å². The molecule has 3 aliphatic rings. The first kappa shape index (κ1) is 21.1. The first-order valence-electron chi connectivity index (χ1n) is 12.1. The van der Waals surface area contributed by atoms with Crippen molar-refractivity contribution in [3.8, 4) is 0 Å². The second-order valence-corrected chi connectivity index (χ2v) is 9.74. The lowest BCUT2D eigenvalue weighted by Gasteiger charge is -2.45. The fourth-order valence-corrected chi connectivity index (χ4v) is 5.66. The van der Waals surface area contributed by atoms with Gasteiger partial charge in [-0.3, -0.25) is 9.59 Å². The van der Waals surface area contributed by atoms with Gasteiger partial charge in [-0.2, -0.15) is 0 Å². The van der Waals surface area contributed by atoms with Crippen molar-refractivity contribution in [3.05, 3.63) is 106 Å². The molecular formula is C29H28N2O3. The van der Waals surface area contributed by atoms with Crippen molar-refractivity contribution in [2.75, 3.05) is 0 Å². The molecule has 0 saturated heterocycles. The van der Waals surface area contributed by atoms with Gasteiger partial charge in [-0.1, -0.05) is 66.7 Å². The summed E-state index contributed by atoms with van der Waals surface area (Å²) in [5, 5.41) is 12.8. The number of amides is 2. The molecule has 0 spiro atoms. The molecule has 5 heteroatoms. The Kier molecular flexibility index (Phi) is 5.22. The zero-order valence-electron chi connectivity index (χ0n) is 19.0. The third kappa shape index (κ3) is 3.61. The molecule has 0 radical (unpaired) electrons. The van der Waals surface area contributed by atoms with Gasteiger partial charge in [0.1, 0.15) is 0 Å². The fraction of sp³-hybridized carbons (Fsp3) is 0.310. The lowest BCUT2D eigenvalue weighted by molar-refractivity contribution is -0.124. The van der Waals surface area contributed by atoms with E-state index in [9.17, 15) is 14.7 Å². The van der Waals surface area contributed by atoms with Crippen LogP contribution >= 0.6 is 0 Å². The van der Waals surface area contributed by atoms with Crippen LogP contribution in [0.3, 0.4) is 0 Å². The predicted molar refractivity (Wildman–Crippen MR) is 129 cm³/mol. The number of aliphatic hydroxyl groups is 1. The smallest absolute Gasteiger partial charge is 0.254 e. The number of hydrogen-bond acceptors (Lipinski definition) is 3. The molecule has 2 amide bonds. The number of nitrogens with zero attached hydrogens (tertiary/aromatic N) is 1. The molecule has 172 valence electrons. The SMILES string of the molecule is O=C(NC1CC1)[C@@H]1c2ccccc2C(=O)N(C2Cc3ccccc3C2)[C@H]1c1ccc(CO)cc1. The van der Waals surface area contributed by atoms with Crippen molar-refractivity contribution in [2.24, 2.45) is 0 Å². The number of carbonyl (C=O) groups excluding carboxylic acids is 2. The minimum atomic E-state index is -0.488.